The molecule has 0 amide bonds. The number of carboxylic acids is 1. The third kappa shape index (κ3) is 6.91. The number of hydrogen-bond acceptors (Lipinski definition) is 10. The Balaban J connectivity index is 1.49. The third-order valence-electron chi connectivity index (χ3n) is 7.03. The van der Waals surface area contributed by atoms with Gasteiger partial charge in [0.1, 0.15) is 11.5 Å². The number of benzene rings is 2. The zero-order chi connectivity index (χ0) is 30.6. The normalized spacial score (nSPS) is 12.6. The van der Waals surface area contributed by atoms with Gasteiger partial charge in [-0.15, -0.1) is 22.7 Å². The first-order valence-electron chi connectivity index (χ1n) is 13.4. The molecule has 11 heteroatoms. The number of carbonyl (C=O) groups is 4. The smallest absolute Gasteiger partial charge is 0.308 e. The lowest BCUT2D eigenvalue weighted by atomic mass is 10.0. The SMILES string of the molecule is COC(=O)C(C)CC(=O)c1cc2cc(NCCc3cc4cc(C(=O)CC(C)C(=O)O)sc4cc3OC)c(OC)cc2s1. The van der Waals surface area contributed by atoms with Crippen LogP contribution in [0.1, 0.15) is 51.6 Å². The fourth-order valence-corrected chi connectivity index (χ4v) is 6.66. The number of carboxylic acid groups (broad SMARTS) is 1. The van der Waals surface area contributed by atoms with E-state index in [4.69, 9.17) is 19.3 Å². The van der Waals surface area contributed by atoms with Crippen molar-refractivity contribution in [3.8, 4) is 11.5 Å². The summed E-state index contributed by atoms with van der Waals surface area (Å²) in [6.07, 6.45) is 0.651. The second kappa shape index (κ2) is 13.3. The van der Waals surface area contributed by atoms with E-state index in [9.17, 15) is 19.2 Å². The maximum atomic E-state index is 12.8. The van der Waals surface area contributed by atoms with Gasteiger partial charge in [0, 0.05) is 34.9 Å². The van der Waals surface area contributed by atoms with Crippen LogP contribution in [0.2, 0.25) is 0 Å². The Kier molecular flexibility index (Phi) is 9.85. The first kappa shape index (κ1) is 31.0. The highest BCUT2D eigenvalue weighted by molar-refractivity contribution is 7.21. The van der Waals surface area contributed by atoms with Crippen LogP contribution in [0, 0.1) is 11.8 Å². The fourth-order valence-electron chi connectivity index (χ4n) is 4.61. The minimum Gasteiger partial charge on any atom is -0.496 e. The summed E-state index contributed by atoms with van der Waals surface area (Å²) >= 11 is 2.70. The van der Waals surface area contributed by atoms with Crippen LogP contribution in [0.25, 0.3) is 20.2 Å². The molecule has 4 aromatic rings. The van der Waals surface area contributed by atoms with Crippen molar-refractivity contribution in [1.82, 2.24) is 0 Å². The van der Waals surface area contributed by atoms with E-state index in [-0.39, 0.29) is 24.4 Å². The molecule has 2 atom stereocenters. The number of rotatable bonds is 14. The summed E-state index contributed by atoms with van der Waals surface area (Å²) in [5, 5.41) is 14.4. The summed E-state index contributed by atoms with van der Waals surface area (Å²) in [5.41, 5.74) is 1.73. The van der Waals surface area contributed by atoms with Crippen molar-refractivity contribution in [1.29, 1.82) is 0 Å². The number of methoxy groups -OCH3 is 3. The number of Topliss-reactive ketones (excluding diaryl/α,β-unsaturated/α-hetero) is 2. The summed E-state index contributed by atoms with van der Waals surface area (Å²) in [6, 6.07) is 11.4. The third-order valence-corrected chi connectivity index (χ3v) is 9.30. The fraction of sp³-hybridized carbons (Fsp3) is 0.355. The quantitative estimate of drug-likeness (QED) is 0.122. The van der Waals surface area contributed by atoms with Crippen molar-refractivity contribution < 1.29 is 38.5 Å². The van der Waals surface area contributed by atoms with E-state index in [1.54, 1.807) is 21.1 Å². The van der Waals surface area contributed by atoms with Crippen molar-refractivity contribution in [3.63, 3.8) is 0 Å². The Morgan fingerprint density at radius 3 is 1.88 bits per heavy atom. The first-order chi connectivity index (χ1) is 20.0. The molecule has 0 fully saturated rings. The first-order valence-corrected chi connectivity index (χ1v) is 15.0. The summed E-state index contributed by atoms with van der Waals surface area (Å²) < 4.78 is 17.8. The van der Waals surface area contributed by atoms with Gasteiger partial charge in [0.25, 0.3) is 0 Å². The molecular formula is C31H33NO8S2. The molecule has 2 unspecified atom stereocenters. The summed E-state index contributed by atoms with van der Waals surface area (Å²) in [7, 11) is 4.50. The zero-order valence-electron chi connectivity index (χ0n) is 24.1. The van der Waals surface area contributed by atoms with Gasteiger partial charge in [-0.2, -0.15) is 0 Å². The van der Waals surface area contributed by atoms with Crippen molar-refractivity contribution in [3.05, 3.63) is 51.7 Å². The van der Waals surface area contributed by atoms with Gasteiger partial charge in [-0.1, -0.05) is 13.8 Å². The highest BCUT2D eigenvalue weighted by Crippen LogP contribution is 2.37. The van der Waals surface area contributed by atoms with E-state index in [1.165, 1.54) is 36.7 Å². The predicted molar refractivity (Wildman–Crippen MR) is 165 cm³/mol. The molecule has 2 heterocycles. The minimum absolute atomic E-state index is 0.0470. The molecule has 9 nitrogen and oxygen atoms in total. The molecule has 0 aliphatic rings. The molecule has 0 aliphatic carbocycles. The number of fused-ring (bicyclic) bond motifs is 2. The van der Waals surface area contributed by atoms with Crippen LogP contribution in [-0.2, 0) is 20.7 Å². The molecule has 0 aliphatic heterocycles. The number of aliphatic carboxylic acids is 1. The van der Waals surface area contributed by atoms with E-state index in [2.05, 4.69) is 5.32 Å². The van der Waals surface area contributed by atoms with Gasteiger partial charge < -0.3 is 24.6 Å². The standard InChI is InChI=1S/C31H33NO8S2/c1-16(30(35)36)8-22(33)28-12-19-10-18(24(38-3)14-26(19)41-28)6-7-32-21-11-20-13-29(42-27(20)15-25(21)39-4)23(34)9-17(2)31(37)40-5/h10-17,32H,6-9H2,1-5H3,(H,35,36). The molecule has 0 saturated carbocycles. The van der Waals surface area contributed by atoms with Gasteiger partial charge in [0.05, 0.1) is 48.6 Å². The van der Waals surface area contributed by atoms with E-state index in [1.807, 2.05) is 36.4 Å². The molecule has 2 N–H and O–H groups in total. The largest absolute Gasteiger partial charge is 0.496 e. The lowest BCUT2D eigenvalue weighted by Crippen LogP contribution is -2.16. The molecule has 4 rings (SSSR count). The molecule has 2 aromatic heterocycles. The van der Waals surface area contributed by atoms with Gasteiger partial charge >= 0.3 is 11.9 Å². The molecule has 222 valence electrons. The number of anilines is 1. The second-order valence-electron chi connectivity index (χ2n) is 10.1. The number of ether oxygens (including phenoxy) is 3. The van der Waals surface area contributed by atoms with Gasteiger partial charge in [-0.05, 0) is 53.1 Å². The van der Waals surface area contributed by atoms with Gasteiger partial charge in [-0.3, -0.25) is 19.2 Å². The van der Waals surface area contributed by atoms with E-state index < -0.39 is 23.8 Å². The van der Waals surface area contributed by atoms with Crippen LogP contribution in [0.5, 0.6) is 11.5 Å². The Bertz CT molecular complexity index is 1650. The molecule has 0 saturated heterocycles. The molecule has 0 bridgehead atoms. The highest BCUT2D eigenvalue weighted by Gasteiger charge is 2.21. The average Bonchev–Trinajstić information content (AvgIpc) is 3.59. The van der Waals surface area contributed by atoms with E-state index >= 15 is 0 Å². The Morgan fingerprint density at radius 2 is 1.33 bits per heavy atom. The van der Waals surface area contributed by atoms with Crippen molar-refractivity contribution >= 4 is 72.0 Å². The second-order valence-corrected chi connectivity index (χ2v) is 12.3. The molecule has 0 radical (unpaired) electrons. The van der Waals surface area contributed by atoms with E-state index in [0.29, 0.717) is 34.2 Å². The minimum atomic E-state index is -0.991. The zero-order valence-corrected chi connectivity index (χ0v) is 25.7. The molecule has 2 aromatic carbocycles. The molecular weight excluding hydrogens is 578 g/mol. The number of hydrogen-bond donors (Lipinski definition) is 2. The monoisotopic (exact) mass is 611 g/mol. The number of thiophene rings is 2. The average molecular weight is 612 g/mol. The summed E-state index contributed by atoms with van der Waals surface area (Å²) in [5.74, 6) is -1.61. The predicted octanol–water partition coefficient (Wildman–Crippen LogP) is 6.46. The van der Waals surface area contributed by atoms with E-state index in [0.717, 1.165) is 31.4 Å². The van der Waals surface area contributed by atoms with Crippen LogP contribution < -0.4 is 14.8 Å². The van der Waals surface area contributed by atoms with Crippen molar-refractivity contribution in [2.45, 2.75) is 33.1 Å². The Labute approximate surface area is 251 Å². The Hall–Kier alpha value is -3.96. The lowest BCUT2D eigenvalue weighted by Gasteiger charge is -2.13. The number of carbonyl (C=O) groups excluding carboxylic acids is 3. The molecule has 42 heavy (non-hydrogen) atoms. The Morgan fingerprint density at radius 1 is 0.786 bits per heavy atom. The number of nitrogens with one attached hydrogen (secondary N) is 1. The van der Waals surface area contributed by atoms with Crippen molar-refractivity contribution in [2.24, 2.45) is 11.8 Å². The van der Waals surface area contributed by atoms with Gasteiger partial charge in [0.15, 0.2) is 11.6 Å². The highest BCUT2D eigenvalue weighted by atomic mass is 32.1. The van der Waals surface area contributed by atoms with Crippen LogP contribution in [0.3, 0.4) is 0 Å². The molecule has 0 spiro atoms. The number of ketones is 2. The maximum absolute atomic E-state index is 12.8. The van der Waals surface area contributed by atoms with Crippen molar-refractivity contribution in [2.75, 3.05) is 33.2 Å². The number of esters is 1. The van der Waals surface area contributed by atoms with Crippen LogP contribution >= 0.6 is 22.7 Å². The van der Waals surface area contributed by atoms with Crippen LogP contribution in [-0.4, -0.2) is 56.5 Å². The topological polar surface area (TPSA) is 128 Å². The van der Waals surface area contributed by atoms with Crippen LogP contribution in [0.15, 0.2) is 36.4 Å². The summed E-state index contributed by atoms with van der Waals surface area (Å²) in [4.78, 5) is 49.4. The van der Waals surface area contributed by atoms with Crippen LogP contribution in [0.4, 0.5) is 5.69 Å². The maximum Gasteiger partial charge on any atom is 0.308 e. The van der Waals surface area contributed by atoms with Gasteiger partial charge in [-0.25, -0.2) is 0 Å². The summed E-state index contributed by atoms with van der Waals surface area (Å²) in [6.45, 7) is 3.76. The lowest BCUT2D eigenvalue weighted by molar-refractivity contribution is -0.144. The van der Waals surface area contributed by atoms with Gasteiger partial charge in [0.2, 0.25) is 0 Å².